The zero-order valence-electron chi connectivity index (χ0n) is 16.2. The molecule has 1 aromatic heterocycles. The van der Waals surface area contributed by atoms with Crippen molar-refractivity contribution in [3.05, 3.63) is 81.5 Å². The maximum absolute atomic E-state index is 11.8. The standard InChI is InChI=1S/C21H21N5O3/c1-14-11-19(23-10-9-15-5-3-7-17(12-15)21(27)22-2)25-20(24-14)16-6-4-8-18(13-16)26(28)29/h3-8,11-13H,9-10H2,1-2H3,(H,22,27)(H,23,24,25). The van der Waals surface area contributed by atoms with Gasteiger partial charge in [0, 0.05) is 48.6 Å². The van der Waals surface area contributed by atoms with Crippen LogP contribution in [0.2, 0.25) is 0 Å². The highest BCUT2D eigenvalue weighted by Crippen LogP contribution is 2.22. The lowest BCUT2D eigenvalue weighted by atomic mass is 10.1. The molecule has 1 heterocycles. The number of amides is 1. The minimum atomic E-state index is -0.439. The number of nitrogens with one attached hydrogen (secondary N) is 2. The second-order valence-electron chi connectivity index (χ2n) is 6.48. The SMILES string of the molecule is CNC(=O)c1cccc(CCNc2cc(C)nc(-c3cccc([N+](=O)[O-])c3)n2)c1. The summed E-state index contributed by atoms with van der Waals surface area (Å²) in [5, 5.41) is 16.9. The van der Waals surface area contributed by atoms with Crippen molar-refractivity contribution in [2.45, 2.75) is 13.3 Å². The van der Waals surface area contributed by atoms with E-state index in [1.165, 1.54) is 12.1 Å². The van der Waals surface area contributed by atoms with Gasteiger partial charge in [-0.3, -0.25) is 14.9 Å². The molecular formula is C21H21N5O3. The Hall–Kier alpha value is -3.81. The summed E-state index contributed by atoms with van der Waals surface area (Å²) in [4.78, 5) is 31.2. The van der Waals surface area contributed by atoms with E-state index >= 15 is 0 Å². The van der Waals surface area contributed by atoms with Crippen molar-refractivity contribution < 1.29 is 9.72 Å². The van der Waals surface area contributed by atoms with Crippen molar-refractivity contribution in [2.24, 2.45) is 0 Å². The number of aromatic nitrogens is 2. The maximum atomic E-state index is 11.8. The molecule has 29 heavy (non-hydrogen) atoms. The monoisotopic (exact) mass is 391 g/mol. The molecule has 0 aliphatic carbocycles. The molecule has 2 aromatic carbocycles. The number of aryl methyl sites for hydroxylation is 1. The molecule has 0 aliphatic heterocycles. The first-order valence-corrected chi connectivity index (χ1v) is 9.11. The molecule has 0 unspecified atom stereocenters. The van der Waals surface area contributed by atoms with Gasteiger partial charge in [0.05, 0.1) is 4.92 Å². The van der Waals surface area contributed by atoms with Crippen LogP contribution in [0.4, 0.5) is 11.5 Å². The summed E-state index contributed by atoms with van der Waals surface area (Å²) in [7, 11) is 1.60. The van der Waals surface area contributed by atoms with Gasteiger partial charge in [0.2, 0.25) is 0 Å². The fourth-order valence-corrected chi connectivity index (χ4v) is 2.89. The highest BCUT2D eigenvalue weighted by atomic mass is 16.6. The Morgan fingerprint density at radius 1 is 1.10 bits per heavy atom. The quantitative estimate of drug-likeness (QED) is 0.472. The third-order valence-electron chi connectivity index (χ3n) is 4.31. The number of nitro benzene ring substituents is 1. The van der Waals surface area contributed by atoms with Crippen molar-refractivity contribution in [1.82, 2.24) is 15.3 Å². The third-order valence-corrected chi connectivity index (χ3v) is 4.31. The lowest BCUT2D eigenvalue weighted by molar-refractivity contribution is -0.384. The molecular weight excluding hydrogens is 370 g/mol. The van der Waals surface area contributed by atoms with Gasteiger partial charge in [-0.15, -0.1) is 0 Å². The van der Waals surface area contributed by atoms with Gasteiger partial charge in [0.25, 0.3) is 11.6 Å². The van der Waals surface area contributed by atoms with Crippen LogP contribution in [0, 0.1) is 17.0 Å². The smallest absolute Gasteiger partial charge is 0.270 e. The molecule has 0 fully saturated rings. The molecule has 0 saturated carbocycles. The van der Waals surface area contributed by atoms with E-state index in [9.17, 15) is 14.9 Å². The van der Waals surface area contributed by atoms with E-state index in [0.29, 0.717) is 35.7 Å². The van der Waals surface area contributed by atoms with Crippen LogP contribution in [-0.4, -0.2) is 34.4 Å². The highest BCUT2D eigenvalue weighted by Gasteiger charge is 2.11. The van der Waals surface area contributed by atoms with Crippen LogP contribution < -0.4 is 10.6 Å². The maximum Gasteiger partial charge on any atom is 0.270 e. The van der Waals surface area contributed by atoms with Crippen molar-refractivity contribution in [1.29, 1.82) is 0 Å². The summed E-state index contributed by atoms with van der Waals surface area (Å²) in [6, 6.07) is 15.5. The van der Waals surface area contributed by atoms with Crippen LogP contribution in [0.25, 0.3) is 11.4 Å². The number of carbonyl (C=O) groups excluding carboxylic acids is 1. The van der Waals surface area contributed by atoms with E-state index in [1.54, 1.807) is 25.2 Å². The van der Waals surface area contributed by atoms with Crippen molar-refractivity contribution in [3.8, 4) is 11.4 Å². The number of carbonyl (C=O) groups is 1. The predicted molar refractivity (Wildman–Crippen MR) is 111 cm³/mol. The summed E-state index contributed by atoms with van der Waals surface area (Å²) < 4.78 is 0. The Bertz CT molecular complexity index is 1050. The van der Waals surface area contributed by atoms with E-state index in [0.717, 1.165) is 11.3 Å². The van der Waals surface area contributed by atoms with Gasteiger partial charge >= 0.3 is 0 Å². The van der Waals surface area contributed by atoms with Crippen LogP contribution in [0.1, 0.15) is 21.6 Å². The Morgan fingerprint density at radius 2 is 1.90 bits per heavy atom. The van der Waals surface area contributed by atoms with Crippen LogP contribution in [0.5, 0.6) is 0 Å². The molecule has 3 rings (SSSR count). The number of benzene rings is 2. The fraction of sp³-hybridized carbons (Fsp3) is 0.190. The number of anilines is 1. The average molecular weight is 391 g/mol. The first-order valence-electron chi connectivity index (χ1n) is 9.11. The minimum Gasteiger partial charge on any atom is -0.370 e. The van der Waals surface area contributed by atoms with Gasteiger partial charge in [0.1, 0.15) is 5.82 Å². The molecule has 8 nitrogen and oxygen atoms in total. The summed E-state index contributed by atoms with van der Waals surface area (Å²) in [5.41, 5.74) is 2.99. The van der Waals surface area contributed by atoms with Gasteiger partial charge in [-0.05, 0) is 31.0 Å². The van der Waals surface area contributed by atoms with Crippen LogP contribution in [-0.2, 0) is 6.42 Å². The van der Waals surface area contributed by atoms with Gasteiger partial charge in [-0.1, -0.05) is 24.3 Å². The van der Waals surface area contributed by atoms with E-state index in [-0.39, 0.29) is 11.6 Å². The Balaban J connectivity index is 1.72. The lowest BCUT2D eigenvalue weighted by Gasteiger charge is -2.09. The first-order chi connectivity index (χ1) is 14.0. The number of non-ortho nitro benzene ring substituents is 1. The second kappa shape index (κ2) is 8.92. The van der Waals surface area contributed by atoms with E-state index in [1.807, 2.05) is 31.2 Å². The summed E-state index contributed by atoms with van der Waals surface area (Å²) in [6.45, 7) is 2.46. The highest BCUT2D eigenvalue weighted by molar-refractivity contribution is 5.94. The molecule has 2 N–H and O–H groups in total. The molecule has 0 bridgehead atoms. The first kappa shape index (κ1) is 19.9. The van der Waals surface area contributed by atoms with Crippen molar-refractivity contribution in [2.75, 3.05) is 18.9 Å². The molecule has 1 amide bonds. The van der Waals surface area contributed by atoms with E-state index in [2.05, 4.69) is 20.6 Å². The Morgan fingerprint density at radius 3 is 2.66 bits per heavy atom. The van der Waals surface area contributed by atoms with Crippen molar-refractivity contribution >= 4 is 17.4 Å². The van der Waals surface area contributed by atoms with Gasteiger partial charge in [-0.2, -0.15) is 0 Å². The van der Waals surface area contributed by atoms with Crippen LogP contribution >= 0.6 is 0 Å². The Labute approximate surface area is 168 Å². The molecule has 0 aliphatic rings. The number of rotatable bonds is 7. The number of hydrogen-bond donors (Lipinski definition) is 2. The molecule has 0 saturated heterocycles. The molecule has 0 atom stereocenters. The fourth-order valence-electron chi connectivity index (χ4n) is 2.89. The van der Waals surface area contributed by atoms with Crippen molar-refractivity contribution in [3.63, 3.8) is 0 Å². The topological polar surface area (TPSA) is 110 Å². The molecule has 8 heteroatoms. The predicted octanol–water partition coefficient (Wildman–Crippen LogP) is 3.37. The van der Waals surface area contributed by atoms with E-state index < -0.39 is 4.92 Å². The van der Waals surface area contributed by atoms with Gasteiger partial charge < -0.3 is 10.6 Å². The van der Waals surface area contributed by atoms with Crippen LogP contribution in [0.3, 0.4) is 0 Å². The van der Waals surface area contributed by atoms with Gasteiger partial charge in [0.15, 0.2) is 5.82 Å². The average Bonchev–Trinajstić information content (AvgIpc) is 2.73. The van der Waals surface area contributed by atoms with Gasteiger partial charge in [-0.25, -0.2) is 9.97 Å². The zero-order chi connectivity index (χ0) is 20.8. The minimum absolute atomic E-state index is 0.00175. The normalized spacial score (nSPS) is 10.4. The van der Waals surface area contributed by atoms with Crippen LogP contribution in [0.15, 0.2) is 54.6 Å². The number of hydrogen-bond acceptors (Lipinski definition) is 6. The molecule has 148 valence electrons. The molecule has 0 radical (unpaired) electrons. The van der Waals surface area contributed by atoms with E-state index in [4.69, 9.17) is 0 Å². The third kappa shape index (κ3) is 5.13. The Kier molecular flexibility index (Phi) is 6.13. The summed E-state index contributed by atoms with van der Waals surface area (Å²) in [5.74, 6) is 0.951. The lowest BCUT2D eigenvalue weighted by Crippen LogP contribution is -2.18. The second-order valence-corrected chi connectivity index (χ2v) is 6.48. The largest absolute Gasteiger partial charge is 0.370 e. The summed E-state index contributed by atoms with van der Waals surface area (Å²) >= 11 is 0. The zero-order valence-corrected chi connectivity index (χ0v) is 16.2. The summed E-state index contributed by atoms with van der Waals surface area (Å²) in [6.07, 6.45) is 0.708. The number of nitro groups is 1. The molecule has 3 aromatic rings. The molecule has 0 spiro atoms. The number of nitrogens with zero attached hydrogens (tertiary/aromatic N) is 3.